The van der Waals surface area contributed by atoms with E-state index < -0.39 is 0 Å². The molecule has 2 aromatic heterocycles. The van der Waals surface area contributed by atoms with Crippen molar-refractivity contribution in [2.75, 3.05) is 11.4 Å². The minimum atomic E-state index is -0.220. The Hall–Kier alpha value is -3.67. The molecule has 2 aromatic carbocycles. The summed E-state index contributed by atoms with van der Waals surface area (Å²) in [6, 6.07) is 17.8. The number of amides is 1. The first-order valence-corrected chi connectivity index (χ1v) is 10.1. The molecule has 0 atom stereocenters. The Labute approximate surface area is 174 Å². The molecule has 0 unspecified atom stereocenters. The van der Waals surface area contributed by atoms with Gasteiger partial charge < -0.3 is 9.47 Å². The Morgan fingerprint density at radius 1 is 1.07 bits per heavy atom. The Kier molecular flexibility index (Phi) is 4.47. The molecule has 0 spiro atoms. The third-order valence-corrected chi connectivity index (χ3v) is 5.67. The van der Waals surface area contributed by atoms with Gasteiger partial charge in [-0.2, -0.15) is 5.10 Å². The summed E-state index contributed by atoms with van der Waals surface area (Å²) in [5.74, 6) is -0.0770. The van der Waals surface area contributed by atoms with Gasteiger partial charge in [0.1, 0.15) is 12.1 Å². The van der Waals surface area contributed by atoms with Gasteiger partial charge in [0.25, 0.3) is 5.56 Å². The summed E-state index contributed by atoms with van der Waals surface area (Å²) in [4.78, 5) is 27.8. The minimum absolute atomic E-state index is 0.00864. The summed E-state index contributed by atoms with van der Waals surface area (Å²) in [5.41, 5.74) is 5.23. The van der Waals surface area contributed by atoms with Gasteiger partial charge in [0.2, 0.25) is 5.91 Å². The molecule has 0 N–H and O–H groups in total. The van der Waals surface area contributed by atoms with Crippen molar-refractivity contribution in [3.63, 3.8) is 0 Å². The monoisotopic (exact) mass is 398 g/mol. The summed E-state index contributed by atoms with van der Waals surface area (Å²) in [7, 11) is 0. The van der Waals surface area contributed by atoms with Crippen LogP contribution in [0.15, 0.2) is 71.8 Å². The molecule has 0 saturated heterocycles. The average molecular weight is 398 g/mol. The number of aromatic nitrogens is 3. The van der Waals surface area contributed by atoms with Gasteiger partial charge in [-0.05, 0) is 37.5 Å². The van der Waals surface area contributed by atoms with Gasteiger partial charge in [0.15, 0.2) is 0 Å². The maximum Gasteiger partial charge on any atom is 0.277 e. The molecule has 0 fully saturated rings. The van der Waals surface area contributed by atoms with Crippen molar-refractivity contribution in [2.24, 2.45) is 0 Å². The average Bonchev–Trinajstić information content (AvgIpc) is 3.21. The standard InChI is InChI=1S/C24H22N4O2/c1-17-8-10-18(11-9-17)20-15-22-24(30)26(13-14-28(22)25-20)16-23(29)27-12-4-6-19-5-2-3-7-21(19)27/h2-3,5,7-11,13-15H,4,6,12,16H2,1H3. The van der Waals surface area contributed by atoms with Crippen LogP contribution in [0, 0.1) is 6.92 Å². The van der Waals surface area contributed by atoms with E-state index in [1.54, 1.807) is 27.9 Å². The van der Waals surface area contributed by atoms with E-state index in [-0.39, 0.29) is 18.0 Å². The van der Waals surface area contributed by atoms with E-state index in [2.05, 4.69) is 11.2 Å². The molecule has 1 amide bonds. The molecule has 1 aliphatic rings. The second-order valence-electron chi connectivity index (χ2n) is 7.73. The van der Waals surface area contributed by atoms with Crippen molar-refractivity contribution in [2.45, 2.75) is 26.3 Å². The third kappa shape index (κ3) is 3.20. The molecular formula is C24H22N4O2. The Balaban J connectivity index is 1.45. The lowest BCUT2D eigenvalue weighted by atomic mass is 10.0. The molecule has 3 heterocycles. The zero-order valence-corrected chi connectivity index (χ0v) is 16.8. The lowest BCUT2D eigenvalue weighted by Gasteiger charge is -2.29. The highest BCUT2D eigenvalue weighted by Crippen LogP contribution is 2.27. The number of para-hydroxylation sites is 1. The number of carbonyl (C=O) groups is 1. The molecule has 1 aliphatic heterocycles. The normalized spacial score (nSPS) is 13.4. The van der Waals surface area contributed by atoms with E-state index in [4.69, 9.17) is 0 Å². The van der Waals surface area contributed by atoms with Crippen LogP contribution >= 0.6 is 0 Å². The first-order chi connectivity index (χ1) is 14.6. The maximum atomic E-state index is 13.0. The molecule has 0 saturated carbocycles. The largest absolute Gasteiger partial charge is 0.311 e. The third-order valence-electron chi connectivity index (χ3n) is 5.67. The van der Waals surface area contributed by atoms with E-state index in [9.17, 15) is 9.59 Å². The van der Waals surface area contributed by atoms with Crippen LogP contribution in [0.2, 0.25) is 0 Å². The minimum Gasteiger partial charge on any atom is -0.311 e. The van der Waals surface area contributed by atoms with Gasteiger partial charge in [0, 0.05) is 30.2 Å². The van der Waals surface area contributed by atoms with E-state index in [1.165, 1.54) is 15.7 Å². The summed E-state index contributed by atoms with van der Waals surface area (Å²) in [5, 5.41) is 4.52. The van der Waals surface area contributed by atoms with E-state index in [0.29, 0.717) is 12.1 Å². The first-order valence-electron chi connectivity index (χ1n) is 10.1. The van der Waals surface area contributed by atoms with E-state index >= 15 is 0 Å². The van der Waals surface area contributed by atoms with E-state index in [0.717, 1.165) is 29.8 Å². The number of hydrogen-bond donors (Lipinski definition) is 0. The number of fused-ring (bicyclic) bond motifs is 2. The van der Waals surface area contributed by atoms with Crippen molar-refractivity contribution < 1.29 is 4.79 Å². The van der Waals surface area contributed by atoms with Gasteiger partial charge >= 0.3 is 0 Å². The second-order valence-corrected chi connectivity index (χ2v) is 7.73. The summed E-state index contributed by atoms with van der Waals surface area (Å²) >= 11 is 0. The molecule has 6 heteroatoms. The Bertz CT molecular complexity index is 1300. The van der Waals surface area contributed by atoms with Crippen molar-refractivity contribution >= 4 is 17.1 Å². The van der Waals surface area contributed by atoms with Crippen molar-refractivity contribution in [1.82, 2.24) is 14.2 Å². The maximum absolute atomic E-state index is 13.0. The molecule has 150 valence electrons. The fourth-order valence-corrected chi connectivity index (χ4v) is 4.04. The van der Waals surface area contributed by atoms with Gasteiger partial charge in [-0.25, -0.2) is 4.52 Å². The highest BCUT2D eigenvalue weighted by molar-refractivity contribution is 5.94. The van der Waals surface area contributed by atoms with Gasteiger partial charge in [0.05, 0.1) is 5.69 Å². The van der Waals surface area contributed by atoms with E-state index in [1.807, 2.05) is 49.4 Å². The SMILES string of the molecule is Cc1ccc(-c2cc3c(=O)n(CC(=O)N4CCCc5ccccc54)ccn3n2)cc1. The molecule has 30 heavy (non-hydrogen) atoms. The van der Waals surface area contributed by atoms with Crippen LogP contribution in [0.3, 0.4) is 0 Å². The van der Waals surface area contributed by atoms with Crippen LogP contribution in [0.25, 0.3) is 16.8 Å². The molecule has 5 rings (SSSR count). The van der Waals surface area contributed by atoms with Crippen LogP contribution in [-0.4, -0.2) is 26.6 Å². The fourth-order valence-electron chi connectivity index (χ4n) is 4.04. The number of nitrogens with zero attached hydrogens (tertiary/aromatic N) is 4. The van der Waals surface area contributed by atoms with Crippen molar-refractivity contribution in [1.29, 1.82) is 0 Å². The number of carbonyl (C=O) groups excluding carboxylic acids is 1. The van der Waals surface area contributed by atoms with Crippen molar-refractivity contribution in [3.8, 4) is 11.3 Å². The zero-order valence-electron chi connectivity index (χ0n) is 16.8. The summed E-state index contributed by atoms with van der Waals surface area (Å²) < 4.78 is 3.05. The smallest absolute Gasteiger partial charge is 0.277 e. The molecular weight excluding hydrogens is 376 g/mol. The van der Waals surface area contributed by atoms with Gasteiger partial charge in [-0.15, -0.1) is 0 Å². The number of aryl methyl sites for hydroxylation is 2. The lowest BCUT2D eigenvalue weighted by Crippen LogP contribution is -2.39. The molecule has 4 aromatic rings. The van der Waals surface area contributed by atoms with Crippen molar-refractivity contribution in [3.05, 3.63) is 88.5 Å². The molecule has 0 aliphatic carbocycles. The predicted octanol–water partition coefficient (Wildman–Crippen LogP) is 3.45. The quantitative estimate of drug-likeness (QED) is 0.531. The Morgan fingerprint density at radius 3 is 2.70 bits per heavy atom. The fraction of sp³-hybridized carbons (Fsp3) is 0.208. The highest BCUT2D eigenvalue weighted by Gasteiger charge is 2.22. The van der Waals surface area contributed by atoms with Gasteiger partial charge in [-0.1, -0.05) is 48.0 Å². The van der Waals surface area contributed by atoms with Crippen LogP contribution in [0.1, 0.15) is 17.5 Å². The van der Waals surface area contributed by atoms with Crippen LogP contribution in [0.4, 0.5) is 5.69 Å². The number of rotatable bonds is 3. The first kappa shape index (κ1) is 18.4. The molecule has 0 radical (unpaired) electrons. The predicted molar refractivity (Wildman–Crippen MR) is 117 cm³/mol. The number of anilines is 1. The number of hydrogen-bond acceptors (Lipinski definition) is 3. The zero-order chi connectivity index (χ0) is 20.7. The topological polar surface area (TPSA) is 59.6 Å². The summed E-state index contributed by atoms with van der Waals surface area (Å²) in [6.45, 7) is 2.72. The van der Waals surface area contributed by atoms with Crippen LogP contribution < -0.4 is 10.5 Å². The number of benzene rings is 2. The second kappa shape index (κ2) is 7.30. The molecule has 0 bridgehead atoms. The Morgan fingerprint density at radius 2 is 1.87 bits per heavy atom. The highest BCUT2D eigenvalue weighted by atomic mass is 16.2. The van der Waals surface area contributed by atoms with Gasteiger partial charge in [-0.3, -0.25) is 9.59 Å². The summed E-state index contributed by atoms with van der Waals surface area (Å²) in [6.07, 6.45) is 5.27. The van der Waals surface area contributed by atoms with Crippen LogP contribution in [0.5, 0.6) is 0 Å². The molecule has 6 nitrogen and oxygen atoms in total. The lowest BCUT2D eigenvalue weighted by molar-refractivity contribution is -0.119. The van der Waals surface area contributed by atoms with Crippen LogP contribution in [-0.2, 0) is 17.8 Å².